The summed E-state index contributed by atoms with van der Waals surface area (Å²) >= 11 is 6.72. The van der Waals surface area contributed by atoms with Crippen LogP contribution in [0.25, 0.3) is 10.8 Å². The van der Waals surface area contributed by atoms with Crippen LogP contribution in [0.2, 0.25) is 5.02 Å². The van der Waals surface area contributed by atoms with Gasteiger partial charge in [-0.05, 0) is 69.1 Å². The minimum atomic E-state index is -1.13. The van der Waals surface area contributed by atoms with Crippen molar-refractivity contribution in [3.05, 3.63) is 64.8 Å². The van der Waals surface area contributed by atoms with Crippen LogP contribution in [0.4, 0.5) is 11.5 Å². The third-order valence-electron chi connectivity index (χ3n) is 10.2. The van der Waals surface area contributed by atoms with E-state index in [0.29, 0.717) is 32.3 Å². The summed E-state index contributed by atoms with van der Waals surface area (Å²) in [5, 5.41) is 11.8. The molecular formula is C34H39ClN6O4. The van der Waals surface area contributed by atoms with Crippen LogP contribution in [0.5, 0.6) is 6.01 Å². The number of rotatable bonds is 8. The molecule has 1 N–H and O–H groups in total. The molecule has 0 saturated carbocycles. The highest BCUT2D eigenvalue weighted by Gasteiger charge is 2.45. The molecule has 10 nitrogen and oxygen atoms in total. The number of aliphatic carboxylic acids is 1. The maximum Gasteiger partial charge on any atom is 0.328 e. The standard InChI is InChI=1S/C34H39ClN6O4/c1-38(24-12-18-40(20-24)29(42)10-11-30(43)44)32-25-13-19-39(28-9-3-7-23-6-2-8-26(35)31(23)28)21-27(25)36-33(37-32)45-22-34-14-4-16-41(34)17-5-15-34/h2-3,6-11,24H,4-5,12-22H2,1H3,(H,43,44)/b11-10+/t24-/m1/s1. The second-order valence-corrected chi connectivity index (χ2v) is 13.2. The van der Waals surface area contributed by atoms with Gasteiger partial charge >= 0.3 is 12.0 Å². The number of halogens is 1. The molecule has 5 heterocycles. The fourth-order valence-electron chi connectivity index (χ4n) is 7.83. The van der Waals surface area contributed by atoms with Gasteiger partial charge < -0.3 is 24.5 Å². The van der Waals surface area contributed by atoms with Gasteiger partial charge in [-0.2, -0.15) is 9.97 Å². The molecule has 4 aliphatic rings. The largest absolute Gasteiger partial charge is 0.478 e. The van der Waals surface area contributed by atoms with E-state index in [0.717, 1.165) is 96.0 Å². The third-order valence-corrected chi connectivity index (χ3v) is 10.5. The molecule has 11 heteroatoms. The molecule has 4 aliphatic heterocycles. The van der Waals surface area contributed by atoms with Crippen molar-refractivity contribution in [2.75, 3.05) is 56.2 Å². The number of carbonyl (C=O) groups is 2. The van der Waals surface area contributed by atoms with Crippen LogP contribution in [0.15, 0.2) is 48.6 Å². The van der Waals surface area contributed by atoms with Crippen LogP contribution in [0.1, 0.15) is 43.4 Å². The van der Waals surface area contributed by atoms with E-state index in [4.69, 9.17) is 31.4 Å². The Morgan fingerprint density at radius 1 is 1.09 bits per heavy atom. The molecule has 0 unspecified atom stereocenters. The van der Waals surface area contributed by atoms with Crippen LogP contribution >= 0.6 is 11.6 Å². The number of fused-ring (bicyclic) bond motifs is 3. The normalized spacial score (nSPS) is 21.0. The maximum atomic E-state index is 12.6. The number of benzene rings is 2. The molecule has 0 bridgehead atoms. The molecule has 45 heavy (non-hydrogen) atoms. The van der Waals surface area contributed by atoms with Gasteiger partial charge in [-0.3, -0.25) is 9.69 Å². The number of likely N-dealkylation sites (tertiary alicyclic amines) is 1. The van der Waals surface area contributed by atoms with E-state index in [9.17, 15) is 9.59 Å². The number of carbonyl (C=O) groups excluding carboxylic acids is 1. The van der Waals surface area contributed by atoms with Gasteiger partial charge in [0.05, 0.1) is 22.8 Å². The first-order valence-electron chi connectivity index (χ1n) is 15.9. The highest BCUT2D eigenvalue weighted by molar-refractivity contribution is 6.36. The van der Waals surface area contributed by atoms with Crippen molar-refractivity contribution in [2.24, 2.45) is 0 Å². The first-order chi connectivity index (χ1) is 21.8. The van der Waals surface area contributed by atoms with Crippen molar-refractivity contribution < 1.29 is 19.4 Å². The zero-order chi connectivity index (χ0) is 31.1. The lowest BCUT2D eigenvalue weighted by Gasteiger charge is -2.35. The topological polar surface area (TPSA) is 102 Å². The Morgan fingerprint density at radius 2 is 1.87 bits per heavy atom. The second kappa shape index (κ2) is 12.1. The third kappa shape index (κ3) is 5.70. The molecule has 0 aliphatic carbocycles. The number of hydrogen-bond donors (Lipinski definition) is 1. The Hall–Kier alpha value is -3.89. The van der Waals surface area contributed by atoms with Gasteiger partial charge in [-0.25, -0.2) is 4.79 Å². The molecule has 1 atom stereocenters. The summed E-state index contributed by atoms with van der Waals surface area (Å²) in [5.41, 5.74) is 3.21. The predicted molar refractivity (Wildman–Crippen MR) is 174 cm³/mol. The lowest BCUT2D eigenvalue weighted by Crippen LogP contribution is -2.44. The smallest absolute Gasteiger partial charge is 0.328 e. The van der Waals surface area contributed by atoms with Crippen molar-refractivity contribution in [3.8, 4) is 6.01 Å². The molecule has 1 aromatic heterocycles. The number of likely N-dealkylation sites (N-methyl/N-ethyl adjacent to an activating group) is 1. The summed E-state index contributed by atoms with van der Waals surface area (Å²) in [6, 6.07) is 12.7. The van der Waals surface area contributed by atoms with E-state index in [1.165, 1.54) is 12.8 Å². The van der Waals surface area contributed by atoms with Crippen molar-refractivity contribution >= 4 is 45.8 Å². The first kappa shape index (κ1) is 29.8. The number of carboxylic acids is 1. The van der Waals surface area contributed by atoms with E-state index < -0.39 is 5.97 Å². The highest BCUT2D eigenvalue weighted by Crippen LogP contribution is 2.40. The van der Waals surface area contributed by atoms with Gasteiger partial charge in [0, 0.05) is 61.5 Å². The van der Waals surface area contributed by atoms with Crippen LogP contribution in [0.3, 0.4) is 0 Å². The fraction of sp³-hybridized carbons (Fsp3) is 0.471. The zero-order valence-corrected chi connectivity index (χ0v) is 26.4. The number of aromatic nitrogens is 2. The van der Waals surface area contributed by atoms with Gasteiger partial charge in [0.1, 0.15) is 12.4 Å². The van der Waals surface area contributed by atoms with Gasteiger partial charge in [-0.1, -0.05) is 35.9 Å². The zero-order valence-electron chi connectivity index (χ0n) is 25.6. The van der Waals surface area contributed by atoms with Crippen molar-refractivity contribution in [1.82, 2.24) is 19.8 Å². The molecule has 3 saturated heterocycles. The van der Waals surface area contributed by atoms with Gasteiger partial charge in [0.15, 0.2) is 0 Å². The number of carboxylic acid groups (broad SMARTS) is 1. The number of nitrogens with zero attached hydrogens (tertiary/aromatic N) is 6. The van der Waals surface area contributed by atoms with Gasteiger partial charge in [-0.15, -0.1) is 0 Å². The van der Waals surface area contributed by atoms with Gasteiger partial charge in [0.2, 0.25) is 5.91 Å². The minimum Gasteiger partial charge on any atom is -0.478 e. The minimum absolute atomic E-state index is 0.0349. The first-order valence-corrected chi connectivity index (χ1v) is 16.3. The van der Waals surface area contributed by atoms with Crippen molar-refractivity contribution in [1.29, 1.82) is 0 Å². The summed E-state index contributed by atoms with van der Waals surface area (Å²) in [6.07, 6.45) is 8.22. The molecule has 236 valence electrons. The summed E-state index contributed by atoms with van der Waals surface area (Å²) in [5.74, 6) is -0.574. The molecule has 3 fully saturated rings. The highest BCUT2D eigenvalue weighted by atomic mass is 35.5. The van der Waals surface area contributed by atoms with Crippen LogP contribution < -0.4 is 14.5 Å². The SMILES string of the molecule is CN(c1nc(OCC23CCCN2CCC3)nc2c1CCN(c1cccc3cccc(Cl)c13)C2)[C@@H]1CCN(C(=O)/C=C/C(=O)O)C1. The molecule has 0 radical (unpaired) electrons. The molecule has 2 aromatic carbocycles. The fourth-order valence-corrected chi connectivity index (χ4v) is 8.11. The Labute approximate surface area is 268 Å². The lowest BCUT2D eigenvalue weighted by molar-refractivity contribution is -0.132. The Kier molecular flexibility index (Phi) is 8.03. The molecule has 3 aromatic rings. The van der Waals surface area contributed by atoms with E-state index in [1.54, 1.807) is 4.90 Å². The average molecular weight is 631 g/mol. The Balaban J connectivity index is 1.19. The van der Waals surface area contributed by atoms with Crippen molar-refractivity contribution in [2.45, 2.75) is 56.7 Å². The van der Waals surface area contributed by atoms with Gasteiger partial charge in [0.25, 0.3) is 0 Å². The monoisotopic (exact) mass is 630 g/mol. The van der Waals surface area contributed by atoms with E-state index >= 15 is 0 Å². The molecule has 7 rings (SSSR count). The number of anilines is 2. The van der Waals surface area contributed by atoms with Crippen LogP contribution in [0, 0.1) is 0 Å². The van der Waals surface area contributed by atoms with Crippen LogP contribution in [-0.2, 0) is 22.6 Å². The number of amides is 1. The lowest BCUT2D eigenvalue weighted by atomic mass is 9.95. The predicted octanol–water partition coefficient (Wildman–Crippen LogP) is 4.53. The van der Waals surface area contributed by atoms with E-state index in [1.807, 2.05) is 19.2 Å². The summed E-state index contributed by atoms with van der Waals surface area (Å²) in [4.78, 5) is 42.4. The Bertz CT molecular complexity index is 1650. The summed E-state index contributed by atoms with van der Waals surface area (Å²) < 4.78 is 6.50. The molecule has 0 spiro atoms. The quantitative estimate of drug-likeness (QED) is 0.360. The summed E-state index contributed by atoms with van der Waals surface area (Å²) in [6.45, 7) is 5.28. The maximum absolute atomic E-state index is 12.6. The summed E-state index contributed by atoms with van der Waals surface area (Å²) in [7, 11) is 2.03. The number of hydrogen-bond acceptors (Lipinski definition) is 8. The second-order valence-electron chi connectivity index (χ2n) is 12.8. The Morgan fingerprint density at radius 3 is 2.64 bits per heavy atom. The molecular weight excluding hydrogens is 592 g/mol. The van der Waals surface area contributed by atoms with E-state index in [-0.39, 0.29) is 17.5 Å². The van der Waals surface area contributed by atoms with E-state index in [2.05, 4.69) is 39.0 Å². The average Bonchev–Trinajstić information content (AvgIpc) is 3.78. The number of ether oxygens (including phenoxy) is 1. The van der Waals surface area contributed by atoms with Crippen molar-refractivity contribution in [3.63, 3.8) is 0 Å². The molecule has 1 amide bonds. The van der Waals surface area contributed by atoms with Crippen LogP contribution in [-0.4, -0.2) is 94.7 Å².